The summed E-state index contributed by atoms with van der Waals surface area (Å²) in [6.07, 6.45) is 11.9. The van der Waals surface area contributed by atoms with Crippen molar-refractivity contribution in [1.82, 2.24) is 5.32 Å². The van der Waals surface area contributed by atoms with E-state index < -0.39 is 0 Å². The molecule has 4 nitrogen and oxygen atoms in total. The highest BCUT2D eigenvalue weighted by molar-refractivity contribution is 8.76. The summed E-state index contributed by atoms with van der Waals surface area (Å²) in [5.74, 6) is 0.782. The Kier molecular flexibility index (Phi) is 11.7. The molecular weight excluding hydrogens is 318 g/mol. The maximum atomic E-state index is 11.8. The fourth-order valence-electron chi connectivity index (χ4n) is 2.55. The molecule has 0 atom stereocenters. The zero-order chi connectivity index (χ0) is 16.0. The zero-order valence-corrected chi connectivity index (χ0v) is 15.2. The van der Waals surface area contributed by atoms with E-state index in [0.717, 1.165) is 18.6 Å². The smallest absolute Gasteiger partial charge is 0.306 e. The van der Waals surface area contributed by atoms with Crippen LogP contribution in [0.15, 0.2) is 0 Å². The van der Waals surface area contributed by atoms with Crippen molar-refractivity contribution in [3.8, 4) is 0 Å². The van der Waals surface area contributed by atoms with E-state index in [2.05, 4.69) is 5.32 Å². The minimum atomic E-state index is -0.113. The van der Waals surface area contributed by atoms with E-state index in [1.807, 2.05) is 6.26 Å². The Bertz CT molecular complexity index is 319. The van der Waals surface area contributed by atoms with Gasteiger partial charge >= 0.3 is 5.97 Å². The third kappa shape index (κ3) is 10.4. The molecule has 0 aromatic carbocycles. The van der Waals surface area contributed by atoms with Gasteiger partial charge in [-0.15, -0.1) is 0 Å². The highest BCUT2D eigenvalue weighted by Crippen LogP contribution is 2.20. The third-order valence-corrected chi connectivity index (χ3v) is 5.57. The van der Waals surface area contributed by atoms with Crippen LogP contribution in [0.5, 0.6) is 0 Å². The number of esters is 1. The Morgan fingerprint density at radius 3 is 2.45 bits per heavy atom. The Morgan fingerprint density at radius 1 is 1.09 bits per heavy atom. The second-order valence-corrected chi connectivity index (χ2v) is 8.33. The van der Waals surface area contributed by atoms with Crippen LogP contribution in [-0.4, -0.2) is 36.5 Å². The fourth-order valence-corrected chi connectivity index (χ4v) is 3.73. The first-order valence-corrected chi connectivity index (χ1v) is 11.1. The number of carbonyl (C=O) groups excluding carboxylic acids is 2. The van der Waals surface area contributed by atoms with E-state index in [9.17, 15) is 9.59 Å². The molecule has 1 aliphatic carbocycles. The molecule has 128 valence electrons. The molecule has 22 heavy (non-hydrogen) atoms. The molecule has 6 heteroatoms. The van der Waals surface area contributed by atoms with E-state index in [1.165, 1.54) is 32.1 Å². The summed E-state index contributed by atoms with van der Waals surface area (Å²) in [5.41, 5.74) is 0. The number of hydrogen-bond donors (Lipinski definition) is 1. The summed E-state index contributed by atoms with van der Waals surface area (Å²) < 4.78 is 5.56. The first-order valence-electron chi connectivity index (χ1n) is 8.34. The monoisotopic (exact) mass is 347 g/mol. The van der Waals surface area contributed by atoms with Crippen molar-refractivity contribution >= 4 is 33.5 Å². The summed E-state index contributed by atoms with van der Waals surface area (Å²) in [4.78, 5) is 23.3. The molecule has 0 saturated heterocycles. The quantitative estimate of drug-likeness (QED) is 0.389. The average Bonchev–Trinajstić information content (AvgIpc) is 2.47. The van der Waals surface area contributed by atoms with Gasteiger partial charge in [0.25, 0.3) is 0 Å². The first kappa shape index (κ1) is 19.7. The van der Waals surface area contributed by atoms with Crippen LogP contribution in [-0.2, 0) is 14.3 Å². The number of amides is 1. The van der Waals surface area contributed by atoms with Gasteiger partial charge in [-0.2, -0.15) is 0 Å². The molecule has 0 aromatic rings. The van der Waals surface area contributed by atoms with Gasteiger partial charge in [0.1, 0.15) is 6.10 Å². The second-order valence-electron chi connectivity index (χ2n) is 5.65. The van der Waals surface area contributed by atoms with Gasteiger partial charge < -0.3 is 10.1 Å². The lowest BCUT2D eigenvalue weighted by Crippen LogP contribution is -2.25. The number of rotatable bonds is 9. The molecule has 0 unspecified atom stereocenters. The van der Waals surface area contributed by atoms with Gasteiger partial charge in [0, 0.05) is 25.1 Å². The summed E-state index contributed by atoms with van der Waals surface area (Å²) in [7, 11) is 3.36. The van der Waals surface area contributed by atoms with Gasteiger partial charge in [-0.3, -0.25) is 9.59 Å². The lowest BCUT2D eigenvalue weighted by Gasteiger charge is -2.20. The van der Waals surface area contributed by atoms with E-state index >= 15 is 0 Å². The molecule has 0 radical (unpaired) electrons. The van der Waals surface area contributed by atoms with Crippen molar-refractivity contribution in [1.29, 1.82) is 0 Å². The average molecular weight is 348 g/mol. The van der Waals surface area contributed by atoms with Crippen LogP contribution in [0.2, 0.25) is 0 Å². The lowest BCUT2D eigenvalue weighted by atomic mass is 9.98. The Morgan fingerprint density at radius 2 is 1.77 bits per heavy atom. The Labute approximate surface area is 142 Å². The zero-order valence-electron chi connectivity index (χ0n) is 13.6. The first-order chi connectivity index (χ1) is 10.7. The number of carbonyl (C=O) groups is 2. The van der Waals surface area contributed by atoms with Gasteiger partial charge in [0.2, 0.25) is 5.91 Å². The predicted molar refractivity (Wildman–Crippen MR) is 95.0 cm³/mol. The highest BCUT2D eigenvalue weighted by Gasteiger charge is 2.15. The van der Waals surface area contributed by atoms with Crippen LogP contribution in [0.25, 0.3) is 0 Å². The van der Waals surface area contributed by atoms with Crippen molar-refractivity contribution in [2.45, 2.75) is 70.3 Å². The summed E-state index contributed by atoms with van der Waals surface area (Å²) in [5, 5.41) is 2.85. The lowest BCUT2D eigenvalue weighted by molar-refractivity contribution is -0.150. The van der Waals surface area contributed by atoms with Gasteiger partial charge in [-0.25, -0.2) is 0 Å². The molecule has 1 fully saturated rings. The van der Waals surface area contributed by atoms with Crippen molar-refractivity contribution in [2.75, 3.05) is 18.6 Å². The molecule has 1 saturated carbocycles. The maximum absolute atomic E-state index is 11.8. The van der Waals surface area contributed by atoms with Crippen LogP contribution >= 0.6 is 21.6 Å². The molecule has 1 rings (SSSR count). The van der Waals surface area contributed by atoms with Crippen molar-refractivity contribution in [3.05, 3.63) is 0 Å². The minimum Gasteiger partial charge on any atom is -0.462 e. The normalized spacial score (nSPS) is 16.6. The standard InChI is InChI=1S/C16H29NO3S2/c1-21-22-13-11-15(18)17-12-7-10-16(19)20-14-8-5-3-2-4-6-9-14/h14H,2-13H2,1H3,(H,17,18). The number of ether oxygens (including phenoxy) is 1. The summed E-state index contributed by atoms with van der Waals surface area (Å²) in [6.45, 7) is 0.558. The second kappa shape index (κ2) is 13.1. The van der Waals surface area contributed by atoms with Crippen molar-refractivity contribution in [2.24, 2.45) is 0 Å². The van der Waals surface area contributed by atoms with E-state index in [0.29, 0.717) is 25.8 Å². The Balaban J connectivity index is 2.03. The van der Waals surface area contributed by atoms with Crippen molar-refractivity contribution < 1.29 is 14.3 Å². The van der Waals surface area contributed by atoms with Crippen LogP contribution in [0.4, 0.5) is 0 Å². The third-order valence-electron chi connectivity index (χ3n) is 3.76. The molecule has 1 N–H and O–H groups in total. The fraction of sp³-hybridized carbons (Fsp3) is 0.875. The largest absolute Gasteiger partial charge is 0.462 e. The Hall–Kier alpha value is -0.360. The molecule has 0 bridgehead atoms. The topological polar surface area (TPSA) is 55.4 Å². The van der Waals surface area contributed by atoms with E-state index in [4.69, 9.17) is 4.74 Å². The van der Waals surface area contributed by atoms with Gasteiger partial charge in [0.15, 0.2) is 0 Å². The van der Waals surface area contributed by atoms with Crippen LogP contribution in [0.3, 0.4) is 0 Å². The molecule has 0 aromatic heterocycles. The molecular formula is C16H29NO3S2. The molecule has 1 amide bonds. The van der Waals surface area contributed by atoms with Crippen LogP contribution < -0.4 is 5.32 Å². The minimum absolute atomic E-state index is 0.0648. The van der Waals surface area contributed by atoms with Crippen molar-refractivity contribution in [3.63, 3.8) is 0 Å². The van der Waals surface area contributed by atoms with Crippen LogP contribution in [0.1, 0.15) is 64.2 Å². The summed E-state index contributed by atoms with van der Waals surface area (Å²) >= 11 is 0. The molecule has 0 spiro atoms. The predicted octanol–water partition coefficient (Wildman–Crippen LogP) is 3.94. The van der Waals surface area contributed by atoms with Gasteiger partial charge in [-0.05, 0) is 38.4 Å². The van der Waals surface area contributed by atoms with E-state index in [1.54, 1.807) is 21.6 Å². The molecule has 0 heterocycles. The molecule has 0 aliphatic heterocycles. The van der Waals surface area contributed by atoms with Gasteiger partial charge in [0.05, 0.1) is 0 Å². The van der Waals surface area contributed by atoms with E-state index in [-0.39, 0.29) is 18.0 Å². The molecule has 1 aliphatic rings. The van der Waals surface area contributed by atoms with Gasteiger partial charge in [-0.1, -0.05) is 40.9 Å². The highest BCUT2D eigenvalue weighted by atomic mass is 33.1. The maximum Gasteiger partial charge on any atom is 0.306 e. The number of hydrogen-bond acceptors (Lipinski definition) is 5. The number of nitrogens with one attached hydrogen (secondary N) is 1. The SMILES string of the molecule is CSSCCC(=O)NCCCC(=O)OC1CCCCCCC1. The summed E-state index contributed by atoms with van der Waals surface area (Å²) in [6, 6.07) is 0. The van der Waals surface area contributed by atoms with Crippen LogP contribution in [0, 0.1) is 0 Å².